The van der Waals surface area contributed by atoms with Gasteiger partial charge in [-0.3, -0.25) is 24.2 Å². The molecule has 0 spiro atoms. The van der Waals surface area contributed by atoms with Crippen LogP contribution in [0.4, 0.5) is 0 Å². The molecule has 0 saturated carbocycles. The quantitative estimate of drug-likeness (QED) is 0.0117. The molecule has 85 heavy (non-hydrogen) atoms. The highest BCUT2D eigenvalue weighted by Gasteiger charge is 2.47. The smallest absolute Gasteiger partial charge is 0.370 e. The van der Waals surface area contributed by atoms with Crippen molar-refractivity contribution < 1.29 is 107 Å². The number of amides is 4. The van der Waals surface area contributed by atoms with Crippen LogP contribution in [0, 0.1) is 12.3 Å². The number of nitrogens with two attached hydrogens (primary N) is 4. The molecule has 0 aromatic heterocycles. The normalized spacial score (nSPS) is 19.8. The maximum absolute atomic E-state index is 13.0. The second-order valence-electron chi connectivity index (χ2n) is 18.4. The van der Waals surface area contributed by atoms with Crippen LogP contribution in [-0.4, -0.2) is 307 Å². The number of rotatable bonds is 43. The van der Waals surface area contributed by atoms with Crippen molar-refractivity contribution in [3.05, 3.63) is 23.7 Å². The highest BCUT2D eigenvalue weighted by Crippen LogP contribution is 2.28. The lowest BCUT2D eigenvalue weighted by atomic mass is 9.92. The summed E-state index contributed by atoms with van der Waals surface area (Å²) >= 11 is 0. The largest absolute Gasteiger partial charge is 0.478 e. The van der Waals surface area contributed by atoms with Crippen LogP contribution < -0.4 is 44.2 Å². The van der Waals surface area contributed by atoms with E-state index in [9.17, 15) is 59.4 Å². The van der Waals surface area contributed by atoms with Crippen molar-refractivity contribution in [1.82, 2.24) is 31.1 Å². The molecule has 482 valence electrons. The summed E-state index contributed by atoms with van der Waals surface area (Å²) in [5.74, 6) is -4.98. The Balaban J connectivity index is 2.05. The molecule has 0 fully saturated rings. The van der Waals surface area contributed by atoms with E-state index < -0.39 is 146 Å². The molecule has 2 rings (SSSR count). The van der Waals surface area contributed by atoms with Crippen molar-refractivity contribution in [2.24, 2.45) is 37.9 Å². The summed E-state index contributed by atoms with van der Waals surface area (Å²) in [6.07, 6.45) is -2.46. The molecule has 2 aliphatic heterocycles. The first kappa shape index (κ1) is 73.9. The van der Waals surface area contributed by atoms with E-state index >= 15 is 0 Å². The van der Waals surface area contributed by atoms with Crippen LogP contribution in [0.5, 0.6) is 0 Å². The number of carbonyl (C=O) groups is 6. The summed E-state index contributed by atoms with van der Waals surface area (Å²) in [5.41, 5.74) is 22.2. The molecule has 0 radical (unpaired) electrons. The Morgan fingerprint density at radius 3 is 1.36 bits per heavy atom. The number of hydrogen-bond acceptors (Lipinski definition) is 23. The molecule has 2 heterocycles. The third-order valence-electron chi connectivity index (χ3n) is 11.8. The summed E-state index contributed by atoms with van der Waals surface area (Å²) in [6, 6.07) is -4.86. The summed E-state index contributed by atoms with van der Waals surface area (Å²) in [7, 11) is 3.40. The van der Waals surface area contributed by atoms with Gasteiger partial charge in [0.1, 0.15) is 44.2 Å². The van der Waals surface area contributed by atoms with Gasteiger partial charge < -0.3 is 132 Å². The molecule has 35 nitrogen and oxygen atoms in total. The zero-order chi connectivity index (χ0) is 63.3. The van der Waals surface area contributed by atoms with Gasteiger partial charge in [-0.2, -0.15) is 0 Å². The van der Waals surface area contributed by atoms with E-state index in [0.717, 1.165) is 26.0 Å². The first-order valence-corrected chi connectivity index (χ1v) is 26.7. The van der Waals surface area contributed by atoms with Crippen LogP contribution in [0.3, 0.4) is 0 Å². The summed E-state index contributed by atoms with van der Waals surface area (Å²) in [4.78, 5) is 90.4. The highest BCUT2D eigenvalue weighted by atomic mass is 16.6. The number of aliphatic hydroxyl groups excluding tert-OH is 4. The van der Waals surface area contributed by atoms with Crippen LogP contribution >= 0.6 is 0 Å². The monoisotopic (exact) mass is 1220 g/mol. The van der Waals surface area contributed by atoms with E-state index in [4.69, 9.17) is 76.7 Å². The van der Waals surface area contributed by atoms with Crippen molar-refractivity contribution in [2.45, 2.75) is 74.6 Å². The van der Waals surface area contributed by atoms with Crippen LogP contribution in [0.1, 0.15) is 13.8 Å². The van der Waals surface area contributed by atoms with E-state index in [-0.39, 0.29) is 59.2 Å². The molecule has 0 bridgehead atoms. The molecule has 2 aliphatic rings. The first-order chi connectivity index (χ1) is 40.6. The minimum atomic E-state index is -1.74. The van der Waals surface area contributed by atoms with Gasteiger partial charge in [0.15, 0.2) is 30.1 Å². The van der Waals surface area contributed by atoms with Gasteiger partial charge in [-0.25, -0.2) is 19.6 Å². The van der Waals surface area contributed by atoms with E-state index in [2.05, 4.69) is 42.2 Å². The first-order valence-electron chi connectivity index (χ1n) is 26.7. The van der Waals surface area contributed by atoms with Gasteiger partial charge in [0.2, 0.25) is 35.1 Å². The summed E-state index contributed by atoms with van der Waals surface area (Å²) in [5, 5.41) is 71.0. The molecular formula is C50H85N13O22. The number of likely N-dealkylation sites (N-methyl/N-ethyl adjacent to an activating group) is 1. The lowest BCUT2D eigenvalue weighted by molar-refractivity contribution is -0.158. The zero-order valence-electron chi connectivity index (χ0n) is 48.1. The predicted octanol–water partition coefficient (Wildman–Crippen LogP) is -8.32. The van der Waals surface area contributed by atoms with Gasteiger partial charge >= 0.3 is 11.9 Å². The number of ether oxygens (including phenoxy) is 10. The van der Waals surface area contributed by atoms with Crippen LogP contribution in [0.2, 0.25) is 0 Å². The number of aliphatic imine (C=N–C) groups is 3. The van der Waals surface area contributed by atoms with Gasteiger partial charge in [-0.05, 0) is 12.2 Å². The Labute approximate surface area is 491 Å². The number of carbonyl (C=O) groups excluding carboxylic acids is 4. The molecule has 0 aliphatic carbocycles. The van der Waals surface area contributed by atoms with E-state index in [1.165, 1.54) is 0 Å². The number of terminal acetylenes is 1. The van der Waals surface area contributed by atoms with E-state index in [1.807, 2.05) is 9.80 Å². The number of aliphatic hydroxyl groups is 4. The van der Waals surface area contributed by atoms with Crippen molar-refractivity contribution in [3.8, 4) is 12.3 Å². The fourth-order valence-corrected chi connectivity index (χ4v) is 8.13. The van der Waals surface area contributed by atoms with Crippen LogP contribution in [0.25, 0.3) is 0 Å². The lowest BCUT2D eigenvalue weighted by Gasteiger charge is -2.40. The molecule has 35 heteroatoms. The maximum Gasteiger partial charge on any atom is 0.370 e. The number of nitrogens with zero attached hydrogens (tertiary/aromatic N) is 5. The Morgan fingerprint density at radius 2 is 1.01 bits per heavy atom. The fourth-order valence-electron chi connectivity index (χ4n) is 8.13. The third-order valence-corrected chi connectivity index (χ3v) is 11.8. The molecule has 18 N–H and O–H groups in total. The van der Waals surface area contributed by atoms with Gasteiger partial charge in [0, 0.05) is 60.7 Å². The number of nitrogens with one attached hydrogen (secondary N) is 4. The van der Waals surface area contributed by atoms with Crippen molar-refractivity contribution in [2.75, 3.05) is 153 Å². The number of guanidine groups is 3. The SMILES string of the molecule is C#CCOCCOCCOCCOCCN(C)C(=NC)N(CCOCCNC(=O)CO[C@@H]([C@@H]1OC(C(=O)O)=C[C@H](N=C(N)N)[C@H]1NC(C)=O)[C@H](O)CO)CCOCCNC(=O)CO[C@@H]([C@@H]1OC(C(=O)O)=C[C@H](N=C(N)N)[C@H]1NC(C)=O)[C@H](O)CO. The lowest BCUT2D eigenvalue weighted by Crippen LogP contribution is -2.60. The second-order valence-corrected chi connectivity index (χ2v) is 18.4. The minimum absolute atomic E-state index is 0.00502. The summed E-state index contributed by atoms with van der Waals surface area (Å²) < 4.78 is 56.1. The zero-order valence-corrected chi connectivity index (χ0v) is 48.1. The molecule has 0 unspecified atom stereocenters. The Hall–Kier alpha value is -7.21. The molecule has 0 aromatic rings. The van der Waals surface area contributed by atoms with E-state index in [1.54, 1.807) is 14.1 Å². The minimum Gasteiger partial charge on any atom is -0.478 e. The number of carboxylic acid groups (broad SMARTS) is 2. The fraction of sp³-hybridized carbons (Fsp3) is 0.700. The van der Waals surface area contributed by atoms with Crippen molar-refractivity contribution >= 4 is 53.4 Å². The Morgan fingerprint density at radius 1 is 0.635 bits per heavy atom. The van der Waals surface area contributed by atoms with E-state index in [0.29, 0.717) is 58.8 Å². The third kappa shape index (κ3) is 29.0. The van der Waals surface area contributed by atoms with Gasteiger partial charge in [0.25, 0.3) is 0 Å². The molecule has 0 saturated heterocycles. The standard InChI is InChI=1S/C50H85N13O22/c1-6-12-76-18-20-80-22-23-81-21-19-79-15-9-62(5)50(55-4)63(10-16-77-13-7-56-38(70)28-82-42(34(68)26-64)44-40(58-30(2)66)32(60-48(51)52)24-36(84-44)46(72)73)11-17-78-14-8-57-39(71)29-83-43(35(69)27-65)45-41(59-31(3)67)33(61-49(53)54)25-37(85-45)47(74)75/h1,24-25,32-35,40-45,64-65,68-69H,7-23,26-29H2,2-5H3,(H,56,70)(H,57,71)(H,58,66)(H,59,67)(H,72,73)(H,74,75)(H4,51,52,60)(H4,53,54,61)/t32-,33-,34+,35+,40+,41+,42+,43+,44+,45+/m0/s1. The number of hydrogen-bond donors (Lipinski definition) is 14. The van der Waals surface area contributed by atoms with Gasteiger partial charge in [-0.15, -0.1) is 6.42 Å². The van der Waals surface area contributed by atoms with Crippen LogP contribution in [0.15, 0.2) is 38.6 Å². The number of carboxylic acids is 2. The average molecular weight is 1220 g/mol. The highest BCUT2D eigenvalue weighted by molar-refractivity contribution is 5.86. The van der Waals surface area contributed by atoms with Gasteiger partial charge in [0.05, 0.1) is 110 Å². The number of aliphatic carboxylic acids is 2. The molecular weight excluding hydrogens is 1130 g/mol. The maximum atomic E-state index is 13.0. The molecule has 10 atom stereocenters. The summed E-state index contributed by atoms with van der Waals surface area (Å²) in [6.45, 7) is 2.82. The second kappa shape index (κ2) is 41.7. The van der Waals surface area contributed by atoms with Crippen molar-refractivity contribution in [1.29, 1.82) is 0 Å². The molecule has 4 amide bonds. The topological polar surface area (TPSA) is 512 Å². The van der Waals surface area contributed by atoms with Crippen LogP contribution in [-0.2, 0) is 76.1 Å². The van der Waals surface area contributed by atoms with Crippen molar-refractivity contribution in [3.63, 3.8) is 0 Å². The predicted molar refractivity (Wildman–Crippen MR) is 299 cm³/mol. The Kier molecular flexibility index (Phi) is 36.3. The molecule has 0 aromatic carbocycles. The average Bonchev–Trinajstić information content (AvgIpc) is 2.56. The Bertz CT molecular complexity index is 2140. The van der Waals surface area contributed by atoms with Gasteiger partial charge in [-0.1, -0.05) is 5.92 Å².